The van der Waals surface area contributed by atoms with E-state index in [1.165, 1.54) is 51.4 Å². The molecule has 0 saturated heterocycles. The molecule has 6 N–H and O–H groups in total. The Hall–Kier alpha value is -2.22. The number of allylic oxidation sites excluding steroid dienone is 12. The van der Waals surface area contributed by atoms with E-state index in [2.05, 4.69) is 68.5 Å². The summed E-state index contributed by atoms with van der Waals surface area (Å²) in [4.78, 5) is 23.0. The molecule has 0 aromatic heterocycles. The van der Waals surface area contributed by atoms with Crippen molar-refractivity contribution in [3.8, 4) is 0 Å². The van der Waals surface area contributed by atoms with Crippen molar-refractivity contribution < 1.29 is 58.3 Å². The molecular formula is C45H77O12P. The molecule has 0 aliphatic heterocycles. The van der Waals surface area contributed by atoms with Gasteiger partial charge in [0.2, 0.25) is 0 Å². The molecule has 1 saturated carbocycles. The molecule has 1 fully saturated rings. The summed E-state index contributed by atoms with van der Waals surface area (Å²) < 4.78 is 34.0. The average Bonchev–Trinajstić information content (AvgIpc) is 3.21. The Kier molecular flexibility index (Phi) is 33.0. The molecule has 13 heteroatoms. The van der Waals surface area contributed by atoms with Crippen LogP contribution in [0.25, 0.3) is 0 Å². The summed E-state index contributed by atoms with van der Waals surface area (Å²) in [6.07, 6.45) is 32.8. The number of hydrogen-bond donors (Lipinski definition) is 6. The van der Waals surface area contributed by atoms with Gasteiger partial charge in [0.1, 0.15) is 42.7 Å². The Morgan fingerprint density at radius 1 is 0.569 bits per heavy atom. The van der Waals surface area contributed by atoms with Crippen molar-refractivity contribution in [3.05, 3.63) is 72.9 Å². The van der Waals surface area contributed by atoms with Gasteiger partial charge in [0.25, 0.3) is 0 Å². The van der Waals surface area contributed by atoms with Crippen LogP contribution in [0.15, 0.2) is 72.9 Å². The maximum absolute atomic E-state index is 12.8. The zero-order valence-electron chi connectivity index (χ0n) is 35.3. The summed E-state index contributed by atoms with van der Waals surface area (Å²) in [5, 5.41) is 50.1. The number of aliphatic hydroxyl groups is 5. The molecule has 12 nitrogen and oxygen atoms in total. The van der Waals surface area contributed by atoms with Crippen LogP contribution in [0.3, 0.4) is 0 Å². The predicted molar refractivity (Wildman–Crippen MR) is 230 cm³/mol. The number of carbonyl (C=O) groups is 1. The zero-order valence-corrected chi connectivity index (χ0v) is 36.2. The van der Waals surface area contributed by atoms with E-state index in [1.807, 2.05) is 18.2 Å². The van der Waals surface area contributed by atoms with E-state index in [0.717, 1.165) is 64.2 Å². The molecule has 1 aliphatic carbocycles. The second kappa shape index (κ2) is 35.5. The molecular weight excluding hydrogens is 763 g/mol. The Morgan fingerprint density at radius 2 is 1.02 bits per heavy atom. The van der Waals surface area contributed by atoms with E-state index in [0.29, 0.717) is 13.0 Å². The van der Waals surface area contributed by atoms with Crippen molar-refractivity contribution in [2.45, 2.75) is 185 Å². The Balaban J connectivity index is 2.46. The summed E-state index contributed by atoms with van der Waals surface area (Å²) in [6.45, 7) is 4.00. The first-order valence-corrected chi connectivity index (χ1v) is 23.3. The van der Waals surface area contributed by atoms with Gasteiger partial charge >= 0.3 is 13.8 Å². The van der Waals surface area contributed by atoms with Crippen LogP contribution < -0.4 is 0 Å². The van der Waals surface area contributed by atoms with Gasteiger partial charge in [0.15, 0.2) is 0 Å². The largest absolute Gasteiger partial charge is 0.472 e. The van der Waals surface area contributed by atoms with Gasteiger partial charge < -0.3 is 39.9 Å². The van der Waals surface area contributed by atoms with E-state index >= 15 is 0 Å². The lowest BCUT2D eigenvalue weighted by atomic mass is 9.85. The normalized spacial score (nSPS) is 23.4. The van der Waals surface area contributed by atoms with Crippen molar-refractivity contribution in [2.75, 3.05) is 19.8 Å². The molecule has 1 rings (SSSR count). The van der Waals surface area contributed by atoms with Crippen LogP contribution in [-0.4, -0.2) is 98.9 Å². The molecule has 0 amide bonds. The lowest BCUT2D eigenvalue weighted by Crippen LogP contribution is -2.64. The number of unbranched alkanes of at least 4 members (excludes halogenated alkanes) is 11. The quantitative estimate of drug-likeness (QED) is 0.0155. The van der Waals surface area contributed by atoms with Crippen LogP contribution in [0.2, 0.25) is 0 Å². The van der Waals surface area contributed by atoms with Gasteiger partial charge in [-0.15, -0.1) is 0 Å². The third-order valence-electron chi connectivity index (χ3n) is 9.58. The van der Waals surface area contributed by atoms with Crippen LogP contribution >= 0.6 is 7.82 Å². The van der Waals surface area contributed by atoms with E-state index < -0.39 is 63.1 Å². The summed E-state index contributed by atoms with van der Waals surface area (Å²) in [5.74, 6) is -0.562. The second-order valence-electron chi connectivity index (χ2n) is 14.8. The second-order valence-corrected chi connectivity index (χ2v) is 16.2. The molecule has 58 heavy (non-hydrogen) atoms. The highest BCUT2D eigenvalue weighted by Gasteiger charge is 2.51. The number of rotatable bonds is 35. The Morgan fingerprint density at radius 3 is 1.55 bits per heavy atom. The standard InChI is InChI=1S/C45H77O12P/c1-3-5-7-9-11-13-15-17-18-19-20-21-23-25-27-29-31-33-35-54-36-38(37-55-58(52,53)57-45-43(50)41(48)40(47)42(49)44(45)51)56-39(46)34-32-30-28-26-24-22-16-14-12-10-8-6-4-2/h6,8,11-14,17-18,22,24,28,30,38,40-45,47-51H,3-5,7,9-10,15-16,19-21,23,25-27,29,31-37H2,1-2H3,(H,52,53)/b8-6-,13-11-,14-12-,18-17-,24-22-,30-28-. The van der Waals surface area contributed by atoms with E-state index in [4.69, 9.17) is 18.5 Å². The maximum atomic E-state index is 12.8. The first-order chi connectivity index (χ1) is 28.0. The lowest BCUT2D eigenvalue weighted by molar-refractivity contribution is -0.220. The fourth-order valence-electron chi connectivity index (χ4n) is 6.10. The minimum Gasteiger partial charge on any atom is -0.457 e. The highest BCUT2D eigenvalue weighted by molar-refractivity contribution is 7.47. The topological polar surface area (TPSA) is 192 Å². The summed E-state index contributed by atoms with van der Waals surface area (Å²) >= 11 is 0. The highest BCUT2D eigenvalue weighted by Crippen LogP contribution is 2.47. The van der Waals surface area contributed by atoms with Gasteiger partial charge in [0.05, 0.1) is 13.2 Å². The van der Waals surface area contributed by atoms with Crippen molar-refractivity contribution in [1.29, 1.82) is 0 Å². The molecule has 334 valence electrons. The molecule has 0 bridgehead atoms. The van der Waals surface area contributed by atoms with Crippen molar-refractivity contribution in [2.24, 2.45) is 0 Å². The minimum atomic E-state index is -5.04. The molecule has 6 unspecified atom stereocenters. The number of esters is 1. The van der Waals surface area contributed by atoms with Crippen LogP contribution in [0.4, 0.5) is 0 Å². The first-order valence-electron chi connectivity index (χ1n) is 21.8. The monoisotopic (exact) mass is 841 g/mol. The first kappa shape index (κ1) is 53.8. The van der Waals surface area contributed by atoms with Crippen molar-refractivity contribution in [3.63, 3.8) is 0 Å². The smallest absolute Gasteiger partial charge is 0.457 e. The third-order valence-corrected chi connectivity index (χ3v) is 10.6. The SMILES string of the molecule is CC/C=C\C/C=C\C/C=C\C/C=C\CCC(=O)OC(COCCCCCCCCCC/C=C\C/C=C\CCCCC)COP(=O)(O)OC1C(O)C(O)C(O)C(O)C1O. The fourth-order valence-corrected chi connectivity index (χ4v) is 7.08. The molecule has 6 atom stereocenters. The lowest BCUT2D eigenvalue weighted by Gasteiger charge is -2.41. The summed E-state index contributed by atoms with van der Waals surface area (Å²) in [7, 11) is -5.04. The number of ether oxygens (including phenoxy) is 2. The van der Waals surface area contributed by atoms with Crippen LogP contribution in [0.5, 0.6) is 0 Å². The van der Waals surface area contributed by atoms with Gasteiger partial charge in [-0.3, -0.25) is 13.8 Å². The van der Waals surface area contributed by atoms with Gasteiger partial charge in [-0.1, -0.05) is 138 Å². The molecule has 0 heterocycles. The van der Waals surface area contributed by atoms with E-state index in [1.54, 1.807) is 0 Å². The summed E-state index contributed by atoms with van der Waals surface area (Å²) in [5.41, 5.74) is 0. The highest BCUT2D eigenvalue weighted by atomic mass is 31.2. The number of carbonyl (C=O) groups excluding carboxylic acids is 1. The number of aliphatic hydroxyl groups excluding tert-OH is 5. The third kappa shape index (κ3) is 27.5. The minimum absolute atomic E-state index is 0.0597. The maximum Gasteiger partial charge on any atom is 0.472 e. The number of hydrogen-bond acceptors (Lipinski definition) is 11. The molecule has 1 aliphatic rings. The van der Waals surface area contributed by atoms with Gasteiger partial charge in [-0.2, -0.15) is 0 Å². The predicted octanol–water partition coefficient (Wildman–Crippen LogP) is 8.41. The molecule has 0 spiro atoms. The van der Waals surface area contributed by atoms with Gasteiger partial charge in [-0.05, 0) is 70.6 Å². The van der Waals surface area contributed by atoms with Gasteiger partial charge in [-0.25, -0.2) is 4.57 Å². The van der Waals surface area contributed by atoms with Crippen molar-refractivity contribution in [1.82, 2.24) is 0 Å². The van der Waals surface area contributed by atoms with E-state index in [-0.39, 0.29) is 13.0 Å². The summed E-state index contributed by atoms with van der Waals surface area (Å²) in [6, 6.07) is 0. The van der Waals surface area contributed by atoms with Crippen molar-refractivity contribution >= 4 is 13.8 Å². The Labute approximate surface area is 349 Å². The van der Waals surface area contributed by atoms with Crippen LogP contribution in [0, 0.1) is 0 Å². The van der Waals surface area contributed by atoms with Crippen LogP contribution in [0.1, 0.15) is 142 Å². The number of phosphoric acid groups is 1. The zero-order chi connectivity index (χ0) is 42.7. The molecule has 0 aromatic rings. The fraction of sp³-hybridized carbons (Fsp3) is 0.711. The average molecular weight is 841 g/mol. The molecule has 0 radical (unpaired) electrons. The number of phosphoric ester groups is 1. The molecule has 0 aromatic carbocycles. The van der Waals surface area contributed by atoms with E-state index in [9.17, 15) is 39.8 Å². The van der Waals surface area contributed by atoms with Crippen LogP contribution in [-0.2, 0) is 27.9 Å². The Bertz CT molecular complexity index is 1230. The van der Waals surface area contributed by atoms with Gasteiger partial charge in [0, 0.05) is 13.0 Å².